The van der Waals surface area contributed by atoms with E-state index in [-0.39, 0.29) is 23.7 Å². The van der Waals surface area contributed by atoms with Crippen molar-refractivity contribution in [3.63, 3.8) is 0 Å². The van der Waals surface area contributed by atoms with E-state index in [1.165, 1.54) is 17.9 Å². The normalized spacial score (nSPS) is 19.2. The molecule has 1 atom stereocenters. The van der Waals surface area contributed by atoms with Gasteiger partial charge in [0, 0.05) is 31.1 Å². The van der Waals surface area contributed by atoms with Gasteiger partial charge in [0.1, 0.15) is 18.5 Å². The van der Waals surface area contributed by atoms with Crippen LogP contribution in [0.2, 0.25) is 0 Å². The maximum atomic E-state index is 14.6. The summed E-state index contributed by atoms with van der Waals surface area (Å²) in [5.41, 5.74) is 5.40. The molecule has 2 heterocycles. The molecule has 3 N–H and O–H groups in total. The lowest BCUT2D eigenvalue weighted by Crippen LogP contribution is -2.36. The smallest absolute Gasteiger partial charge is 0.248 e. The molecule has 0 fully saturated rings. The van der Waals surface area contributed by atoms with Gasteiger partial charge >= 0.3 is 0 Å². The molecule has 0 saturated heterocycles. The van der Waals surface area contributed by atoms with Gasteiger partial charge in [0.25, 0.3) is 0 Å². The molecule has 7 nitrogen and oxygen atoms in total. The Hall–Kier alpha value is -2.71. The molecule has 2 aliphatic rings. The van der Waals surface area contributed by atoms with Crippen LogP contribution in [-0.4, -0.2) is 54.2 Å². The van der Waals surface area contributed by atoms with Gasteiger partial charge in [-0.05, 0) is 24.1 Å². The van der Waals surface area contributed by atoms with Crippen LogP contribution in [0.3, 0.4) is 0 Å². The van der Waals surface area contributed by atoms with Crippen LogP contribution in [0.4, 0.5) is 4.39 Å². The molecule has 0 aromatic heterocycles. The van der Waals surface area contributed by atoms with E-state index in [1.54, 1.807) is 18.2 Å². The third-order valence-electron chi connectivity index (χ3n) is 4.55. The first-order valence-corrected chi connectivity index (χ1v) is 8.74. The van der Waals surface area contributed by atoms with Crippen LogP contribution in [0.5, 0.6) is 0 Å². The number of nitrogens with one attached hydrogen (secondary N) is 2. The second kappa shape index (κ2) is 8.32. The SMILES string of the molecule is CC(=O)NCC1C=C(c2ccc(C3=CCN(C(=O)CO)CC3)c(F)c2)NO1. The van der Waals surface area contributed by atoms with E-state index in [9.17, 15) is 14.0 Å². The van der Waals surface area contributed by atoms with Crippen molar-refractivity contribution in [1.29, 1.82) is 0 Å². The number of amides is 2. The van der Waals surface area contributed by atoms with E-state index in [1.807, 2.05) is 6.08 Å². The molecule has 2 aliphatic heterocycles. The molecule has 1 aromatic carbocycles. The average molecular weight is 375 g/mol. The van der Waals surface area contributed by atoms with E-state index >= 15 is 0 Å². The summed E-state index contributed by atoms with van der Waals surface area (Å²) in [7, 11) is 0. The van der Waals surface area contributed by atoms with Crippen LogP contribution in [0.25, 0.3) is 11.3 Å². The van der Waals surface area contributed by atoms with Gasteiger partial charge in [-0.3, -0.25) is 19.9 Å². The summed E-state index contributed by atoms with van der Waals surface area (Å²) in [4.78, 5) is 29.4. The molecule has 1 aromatic rings. The number of aliphatic hydroxyl groups is 1. The number of hydrogen-bond acceptors (Lipinski definition) is 5. The van der Waals surface area contributed by atoms with Crippen molar-refractivity contribution in [3.8, 4) is 0 Å². The fraction of sp³-hybridized carbons (Fsp3) is 0.368. The fourth-order valence-electron chi connectivity index (χ4n) is 3.08. The zero-order valence-corrected chi connectivity index (χ0v) is 15.0. The average Bonchev–Trinajstić information content (AvgIpc) is 3.15. The van der Waals surface area contributed by atoms with Crippen LogP contribution in [0, 0.1) is 5.82 Å². The third-order valence-corrected chi connectivity index (χ3v) is 4.55. The van der Waals surface area contributed by atoms with Crippen molar-refractivity contribution < 1.29 is 23.9 Å². The van der Waals surface area contributed by atoms with Crippen molar-refractivity contribution in [2.24, 2.45) is 0 Å². The molecule has 0 aliphatic carbocycles. The van der Waals surface area contributed by atoms with E-state index in [4.69, 9.17) is 9.94 Å². The van der Waals surface area contributed by atoms with Gasteiger partial charge in [0.2, 0.25) is 11.8 Å². The number of aliphatic hydroxyl groups excluding tert-OH is 1. The Balaban J connectivity index is 1.70. The predicted molar refractivity (Wildman–Crippen MR) is 97.3 cm³/mol. The molecule has 27 heavy (non-hydrogen) atoms. The van der Waals surface area contributed by atoms with Crippen molar-refractivity contribution >= 4 is 23.1 Å². The summed E-state index contributed by atoms with van der Waals surface area (Å²) in [6, 6.07) is 4.95. The molecule has 2 amide bonds. The zero-order valence-electron chi connectivity index (χ0n) is 15.0. The highest BCUT2D eigenvalue weighted by atomic mass is 19.1. The monoisotopic (exact) mass is 375 g/mol. The molecule has 144 valence electrons. The molecule has 0 radical (unpaired) electrons. The molecule has 0 saturated carbocycles. The van der Waals surface area contributed by atoms with Crippen LogP contribution in [0.1, 0.15) is 24.5 Å². The number of carbonyl (C=O) groups is 2. The Bertz CT molecular complexity index is 806. The van der Waals surface area contributed by atoms with Gasteiger partial charge in [0.15, 0.2) is 0 Å². The predicted octanol–water partition coefficient (Wildman–Crippen LogP) is 0.814. The summed E-state index contributed by atoms with van der Waals surface area (Å²) in [5.74, 6) is -0.821. The van der Waals surface area contributed by atoms with Gasteiger partial charge in [-0.25, -0.2) is 4.39 Å². The lowest BCUT2D eigenvalue weighted by atomic mass is 9.97. The molecule has 8 heteroatoms. The van der Waals surface area contributed by atoms with Crippen LogP contribution < -0.4 is 10.8 Å². The first-order valence-electron chi connectivity index (χ1n) is 8.74. The Kier molecular flexibility index (Phi) is 5.88. The quantitative estimate of drug-likeness (QED) is 0.709. The maximum absolute atomic E-state index is 14.6. The molecular weight excluding hydrogens is 353 g/mol. The number of nitrogens with zero attached hydrogens (tertiary/aromatic N) is 1. The van der Waals surface area contributed by atoms with Gasteiger partial charge < -0.3 is 15.3 Å². The standard InChI is InChI=1S/C19H22FN3O4/c1-12(25)21-10-15-9-18(22-27-15)14-2-3-16(17(20)8-14)13-4-6-23(7-5-13)19(26)11-24/h2-4,8-9,15,22,24H,5-7,10-11H2,1H3,(H,21,25). The molecule has 0 bridgehead atoms. The summed E-state index contributed by atoms with van der Waals surface area (Å²) < 4.78 is 14.6. The van der Waals surface area contributed by atoms with Gasteiger partial charge in [-0.15, -0.1) is 0 Å². The zero-order chi connectivity index (χ0) is 19.4. The van der Waals surface area contributed by atoms with Crippen molar-refractivity contribution in [2.45, 2.75) is 19.4 Å². The van der Waals surface area contributed by atoms with Crippen molar-refractivity contribution in [1.82, 2.24) is 15.7 Å². The van der Waals surface area contributed by atoms with Gasteiger partial charge in [-0.1, -0.05) is 18.2 Å². The topological polar surface area (TPSA) is 90.9 Å². The first-order chi connectivity index (χ1) is 13.0. The Labute approximate surface area is 156 Å². The number of rotatable bonds is 5. The lowest BCUT2D eigenvalue weighted by molar-refractivity contribution is -0.133. The Morgan fingerprint density at radius 2 is 2.26 bits per heavy atom. The van der Waals surface area contributed by atoms with Crippen LogP contribution >= 0.6 is 0 Å². The lowest BCUT2D eigenvalue weighted by Gasteiger charge is -2.26. The number of halogens is 1. The molecular formula is C19H22FN3O4. The minimum absolute atomic E-state index is 0.143. The van der Waals surface area contributed by atoms with Gasteiger partial charge in [-0.2, -0.15) is 0 Å². The van der Waals surface area contributed by atoms with Crippen molar-refractivity contribution in [3.05, 3.63) is 47.3 Å². The van der Waals surface area contributed by atoms with E-state index in [2.05, 4.69) is 10.8 Å². The van der Waals surface area contributed by atoms with Gasteiger partial charge in [0.05, 0.1) is 12.2 Å². The highest BCUT2D eigenvalue weighted by molar-refractivity contribution is 5.79. The second-order valence-corrected chi connectivity index (χ2v) is 6.45. The van der Waals surface area contributed by atoms with E-state index < -0.39 is 6.61 Å². The summed E-state index contributed by atoms with van der Waals surface area (Å²) >= 11 is 0. The van der Waals surface area contributed by atoms with E-state index in [0.717, 1.165) is 5.57 Å². The minimum atomic E-state index is -0.515. The van der Waals surface area contributed by atoms with E-state index in [0.29, 0.717) is 42.9 Å². The third kappa shape index (κ3) is 4.53. The highest BCUT2D eigenvalue weighted by Gasteiger charge is 2.21. The minimum Gasteiger partial charge on any atom is -0.387 e. The van der Waals surface area contributed by atoms with Crippen LogP contribution in [0.15, 0.2) is 30.4 Å². The number of carbonyl (C=O) groups excluding carboxylic acids is 2. The number of hydroxylamine groups is 1. The number of hydrogen-bond donors (Lipinski definition) is 3. The number of benzene rings is 1. The largest absolute Gasteiger partial charge is 0.387 e. The molecule has 1 unspecified atom stereocenters. The van der Waals surface area contributed by atoms with Crippen LogP contribution in [-0.2, 0) is 14.4 Å². The van der Waals surface area contributed by atoms with Crippen molar-refractivity contribution in [2.75, 3.05) is 26.2 Å². The first kappa shape index (κ1) is 19.1. The molecule has 0 spiro atoms. The Morgan fingerprint density at radius 3 is 2.89 bits per heavy atom. The molecule has 3 rings (SSSR count). The maximum Gasteiger partial charge on any atom is 0.248 e. The summed E-state index contributed by atoms with van der Waals surface area (Å²) in [5, 5.41) is 11.6. The fourth-order valence-corrected chi connectivity index (χ4v) is 3.08. The summed E-state index contributed by atoms with van der Waals surface area (Å²) in [6.45, 7) is 2.07. The second-order valence-electron chi connectivity index (χ2n) is 6.45. The summed E-state index contributed by atoms with van der Waals surface area (Å²) in [6.07, 6.45) is 3.82. The highest BCUT2D eigenvalue weighted by Crippen LogP contribution is 2.28. The Morgan fingerprint density at radius 1 is 1.44 bits per heavy atom.